The summed E-state index contributed by atoms with van der Waals surface area (Å²) in [6.07, 6.45) is 1.90. The van der Waals surface area contributed by atoms with Crippen LogP contribution in [0.1, 0.15) is 23.0 Å². The van der Waals surface area contributed by atoms with Crippen molar-refractivity contribution in [1.82, 2.24) is 15.0 Å². The Kier molecular flexibility index (Phi) is 3.36. The minimum absolute atomic E-state index is 0.182. The number of benzene rings is 1. The first-order chi connectivity index (χ1) is 9.13. The largest absolute Gasteiger partial charge is 0.454 e. The molecule has 1 aliphatic rings. The molecule has 0 fully saturated rings. The van der Waals surface area contributed by atoms with Gasteiger partial charge >= 0.3 is 0 Å². The Morgan fingerprint density at radius 3 is 3.05 bits per heavy atom. The van der Waals surface area contributed by atoms with Crippen LogP contribution in [0.3, 0.4) is 0 Å². The molecule has 1 unspecified atom stereocenters. The van der Waals surface area contributed by atoms with Crippen molar-refractivity contribution in [2.75, 3.05) is 6.79 Å². The van der Waals surface area contributed by atoms with Gasteiger partial charge in [0.2, 0.25) is 6.79 Å². The number of fused-ring (bicyclic) bond motifs is 1. The lowest BCUT2D eigenvalue weighted by Crippen LogP contribution is -2.00. The minimum Gasteiger partial charge on any atom is -0.454 e. The molecule has 0 amide bonds. The molecule has 19 heavy (non-hydrogen) atoms. The van der Waals surface area contributed by atoms with E-state index in [0.29, 0.717) is 23.1 Å². The van der Waals surface area contributed by atoms with Gasteiger partial charge in [0, 0.05) is 6.20 Å². The van der Waals surface area contributed by atoms with Gasteiger partial charge in [0.1, 0.15) is 0 Å². The maximum absolute atomic E-state index is 6.14. The summed E-state index contributed by atoms with van der Waals surface area (Å²) in [6, 6.07) is 3.76. The topological polar surface area (TPSA) is 49.2 Å². The Labute approximate surface area is 123 Å². The second kappa shape index (κ2) is 5.02. The van der Waals surface area contributed by atoms with Gasteiger partial charge in [-0.1, -0.05) is 32.7 Å². The van der Waals surface area contributed by atoms with Gasteiger partial charge in [0.15, 0.2) is 11.5 Å². The molecule has 100 valence electrons. The van der Waals surface area contributed by atoms with E-state index in [-0.39, 0.29) is 11.6 Å². The molecule has 1 aromatic carbocycles. The third-order valence-corrected chi connectivity index (χ3v) is 3.55. The molecule has 3 rings (SSSR count). The van der Waals surface area contributed by atoms with E-state index in [1.165, 1.54) is 0 Å². The quantitative estimate of drug-likeness (QED) is 0.803. The van der Waals surface area contributed by atoms with Gasteiger partial charge in [-0.15, -0.1) is 5.10 Å². The van der Waals surface area contributed by atoms with Gasteiger partial charge in [0.25, 0.3) is 0 Å². The molecular formula is C12H11BrClN3O2. The zero-order valence-corrected chi connectivity index (χ0v) is 12.5. The zero-order valence-electron chi connectivity index (χ0n) is 10.1. The summed E-state index contributed by atoms with van der Waals surface area (Å²) in [4.78, 5) is 0.182. The lowest BCUT2D eigenvalue weighted by Gasteiger charge is -2.04. The van der Waals surface area contributed by atoms with Crippen molar-refractivity contribution in [3.63, 3.8) is 0 Å². The van der Waals surface area contributed by atoms with Crippen LogP contribution in [0.4, 0.5) is 0 Å². The maximum atomic E-state index is 6.14. The first-order valence-corrected chi connectivity index (χ1v) is 7.05. The van der Waals surface area contributed by atoms with E-state index in [9.17, 15) is 0 Å². The van der Waals surface area contributed by atoms with E-state index in [4.69, 9.17) is 21.1 Å². The van der Waals surface area contributed by atoms with Crippen LogP contribution >= 0.6 is 27.5 Å². The highest BCUT2D eigenvalue weighted by molar-refractivity contribution is 9.09. The second-order valence-electron chi connectivity index (χ2n) is 4.27. The maximum Gasteiger partial charge on any atom is 0.231 e. The van der Waals surface area contributed by atoms with E-state index >= 15 is 0 Å². The van der Waals surface area contributed by atoms with Gasteiger partial charge in [-0.3, -0.25) is 0 Å². The summed E-state index contributed by atoms with van der Waals surface area (Å²) < 4.78 is 12.4. The predicted octanol–water partition coefficient (Wildman–Crippen LogP) is 3.16. The molecule has 0 saturated heterocycles. The molecule has 1 atom stereocenters. The van der Waals surface area contributed by atoms with Crippen LogP contribution in [0.25, 0.3) is 0 Å². The normalized spacial score (nSPS) is 14.7. The Hall–Kier alpha value is -1.27. The molecule has 0 aliphatic carbocycles. The van der Waals surface area contributed by atoms with Crippen LogP contribution in [0.5, 0.6) is 11.5 Å². The third-order valence-electron chi connectivity index (χ3n) is 2.80. The third kappa shape index (κ3) is 2.55. The summed E-state index contributed by atoms with van der Waals surface area (Å²) in [5, 5.41) is 8.72. The highest BCUT2D eigenvalue weighted by Crippen LogP contribution is 2.39. The van der Waals surface area contributed by atoms with Crippen LogP contribution in [0, 0.1) is 0 Å². The first kappa shape index (κ1) is 12.7. The Morgan fingerprint density at radius 1 is 1.47 bits per heavy atom. The second-order valence-corrected chi connectivity index (χ2v) is 6.05. The van der Waals surface area contributed by atoms with Crippen molar-refractivity contribution in [1.29, 1.82) is 0 Å². The van der Waals surface area contributed by atoms with E-state index in [2.05, 4.69) is 26.2 Å². The summed E-state index contributed by atoms with van der Waals surface area (Å²) in [7, 11) is 0. The van der Waals surface area contributed by atoms with Gasteiger partial charge in [-0.25, -0.2) is 4.68 Å². The lowest BCUT2D eigenvalue weighted by atomic mass is 10.2. The number of hydrogen-bond acceptors (Lipinski definition) is 4. The molecule has 0 N–H and O–H groups in total. The van der Waals surface area contributed by atoms with Crippen molar-refractivity contribution in [3.8, 4) is 11.5 Å². The highest BCUT2D eigenvalue weighted by atomic mass is 79.9. The standard InChI is InChI=1S/C12H11BrClN3O2/c1-7(13)10-5-17(16-15-10)4-8-2-9(14)12-11(3-8)18-6-19-12/h2-3,5,7H,4,6H2,1H3. The number of ether oxygens (including phenoxy) is 2. The Bertz CT molecular complexity index is 615. The van der Waals surface area contributed by atoms with E-state index in [1.807, 2.05) is 25.3 Å². The van der Waals surface area contributed by atoms with Crippen molar-refractivity contribution in [3.05, 3.63) is 34.6 Å². The fraction of sp³-hybridized carbons (Fsp3) is 0.333. The number of alkyl halides is 1. The molecule has 5 nitrogen and oxygen atoms in total. The van der Waals surface area contributed by atoms with E-state index in [1.54, 1.807) is 4.68 Å². The van der Waals surface area contributed by atoms with E-state index in [0.717, 1.165) is 11.3 Å². The molecule has 7 heteroatoms. The van der Waals surface area contributed by atoms with Crippen LogP contribution < -0.4 is 9.47 Å². The Balaban J connectivity index is 1.85. The first-order valence-electron chi connectivity index (χ1n) is 5.75. The fourth-order valence-electron chi connectivity index (χ4n) is 1.87. The monoisotopic (exact) mass is 343 g/mol. The highest BCUT2D eigenvalue weighted by Gasteiger charge is 2.18. The number of rotatable bonds is 3. The van der Waals surface area contributed by atoms with Crippen molar-refractivity contribution < 1.29 is 9.47 Å². The predicted molar refractivity (Wildman–Crippen MR) is 74.0 cm³/mol. The van der Waals surface area contributed by atoms with Crippen LogP contribution in [0.2, 0.25) is 5.02 Å². The smallest absolute Gasteiger partial charge is 0.231 e. The summed E-state index contributed by atoms with van der Waals surface area (Å²) >= 11 is 9.60. The summed E-state index contributed by atoms with van der Waals surface area (Å²) in [5.41, 5.74) is 1.89. The average Bonchev–Trinajstić information content (AvgIpc) is 2.97. The molecule has 0 radical (unpaired) electrons. The molecule has 0 bridgehead atoms. The molecule has 2 heterocycles. The van der Waals surface area contributed by atoms with Crippen molar-refractivity contribution in [2.45, 2.75) is 18.3 Å². The average molecular weight is 345 g/mol. The fourth-order valence-corrected chi connectivity index (χ4v) is 2.37. The van der Waals surface area contributed by atoms with E-state index < -0.39 is 0 Å². The molecule has 0 spiro atoms. The molecule has 0 saturated carbocycles. The molecule has 1 aliphatic heterocycles. The van der Waals surface area contributed by atoms with Crippen LogP contribution in [-0.2, 0) is 6.54 Å². The zero-order chi connectivity index (χ0) is 13.4. The van der Waals surface area contributed by atoms with Gasteiger partial charge in [0.05, 0.1) is 22.1 Å². The Morgan fingerprint density at radius 2 is 2.32 bits per heavy atom. The van der Waals surface area contributed by atoms with Gasteiger partial charge in [-0.05, 0) is 24.6 Å². The van der Waals surface area contributed by atoms with Gasteiger partial charge in [-0.2, -0.15) is 0 Å². The number of hydrogen-bond donors (Lipinski definition) is 0. The van der Waals surface area contributed by atoms with Crippen LogP contribution in [0.15, 0.2) is 18.3 Å². The summed E-state index contributed by atoms with van der Waals surface area (Å²) in [5.74, 6) is 1.29. The molecular weight excluding hydrogens is 334 g/mol. The molecule has 1 aromatic heterocycles. The SMILES string of the molecule is CC(Br)c1cn(Cc2cc(Cl)c3c(c2)OCO3)nn1. The van der Waals surface area contributed by atoms with Gasteiger partial charge < -0.3 is 9.47 Å². The lowest BCUT2D eigenvalue weighted by molar-refractivity contribution is 0.174. The number of halogens is 2. The summed E-state index contributed by atoms with van der Waals surface area (Å²) in [6.45, 7) is 2.81. The molecule has 2 aromatic rings. The van der Waals surface area contributed by atoms with Crippen molar-refractivity contribution >= 4 is 27.5 Å². The van der Waals surface area contributed by atoms with Crippen LogP contribution in [-0.4, -0.2) is 21.8 Å². The number of nitrogens with zero attached hydrogens (tertiary/aromatic N) is 3. The van der Waals surface area contributed by atoms with Crippen molar-refractivity contribution in [2.24, 2.45) is 0 Å². The minimum atomic E-state index is 0.182. The number of aromatic nitrogens is 3.